The SMILES string of the molecule is COCC(COC)(C1CC2CCC1C2)C1CC2CCC1C2. The zero-order chi connectivity index (χ0) is 14.4. The quantitative estimate of drug-likeness (QED) is 0.732. The summed E-state index contributed by atoms with van der Waals surface area (Å²) in [6.45, 7) is 1.87. The Hall–Kier alpha value is -0.0800. The van der Waals surface area contributed by atoms with Crippen molar-refractivity contribution in [2.45, 2.75) is 51.4 Å². The normalized spacial score (nSPS) is 44.9. The first-order valence-corrected chi connectivity index (χ1v) is 9.24. The minimum absolute atomic E-state index is 0.323. The Labute approximate surface area is 130 Å². The van der Waals surface area contributed by atoms with Gasteiger partial charge in [0.2, 0.25) is 0 Å². The lowest BCUT2D eigenvalue weighted by Gasteiger charge is -2.49. The highest BCUT2D eigenvalue weighted by atomic mass is 16.5. The lowest BCUT2D eigenvalue weighted by molar-refractivity contribution is -0.0993. The molecule has 2 heteroatoms. The van der Waals surface area contributed by atoms with Gasteiger partial charge in [0.1, 0.15) is 0 Å². The second-order valence-electron chi connectivity index (χ2n) is 8.66. The van der Waals surface area contributed by atoms with Crippen LogP contribution >= 0.6 is 0 Å². The van der Waals surface area contributed by atoms with Gasteiger partial charge in [0, 0.05) is 19.6 Å². The summed E-state index contributed by atoms with van der Waals surface area (Å²) in [6, 6.07) is 0. The van der Waals surface area contributed by atoms with E-state index in [1.807, 2.05) is 14.2 Å². The zero-order valence-corrected chi connectivity index (χ0v) is 13.9. The Morgan fingerprint density at radius 2 is 1.19 bits per heavy atom. The van der Waals surface area contributed by atoms with Crippen LogP contribution in [0, 0.1) is 40.9 Å². The van der Waals surface area contributed by atoms with Gasteiger partial charge in [-0.15, -0.1) is 0 Å². The van der Waals surface area contributed by atoms with Gasteiger partial charge in [-0.1, -0.05) is 12.8 Å². The Balaban J connectivity index is 1.64. The third-order valence-corrected chi connectivity index (χ3v) is 7.78. The third-order valence-electron chi connectivity index (χ3n) is 7.78. The second-order valence-corrected chi connectivity index (χ2v) is 8.66. The van der Waals surface area contributed by atoms with Gasteiger partial charge in [-0.05, 0) is 74.0 Å². The Kier molecular flexibility index (Phi) is 3.82. The summed E-state index contributed by atoms with van der Waals surface area (Å²) in [5.41, 5.74) is 0.323. The highest BCUT2D eigenvalue weighted by molar-refractivity contribution is 5.07. The highest BCUT2D eigenvalue weighted by Gasteiger charge is 2.58. The van der Waals surface area contributed by atoms with Gasteiger partial charge in [-0.3, -0.25) is 0 Å². The van der Waals surface area contributed by atoms with Crippen molar-refractivity contribution in [2.24, 2.45) is 40.9 Å². The summed E-state index contributed by atoms with van der Waals surface area (Å²) in [6.07, 6.45) is 11.9. The lowest BCUT2D eigenvalue weighted by Crippen LogP contribution is -2.49. The van der Waals surface area contributed by atoms with Crippen molar-refractivity contribution < 1.29 is 9.47 Å². The fourth-order valence-electron chi connectivity index (χ4n) is 7.18. The average molecular weight is 292 g/mol. The van der Waals surface area contributed by atoms with E-state index in [0.29, 0.717) is 5.41 Å². The number of hydrogen-bond donors (Lipinski definition) is 0. The first kappa shape index (κ1) is 14.5. The maximum absolute atomic E-state index is 5.82. The molecule has 4 aliphatic carbocycles. The molecule has 4 saturated carbocycles. The molecule has 0 aromatic rings. The van der Waals surface area contributed by atoms with Crippen molar-refractivity contribution in [1.82, 2.24) is 0 Å². The van der Waals surface area contributed by atoms with Crippen molar-refractivity contribution in [3.8, 4) is 0 Å². The van der Waals surface area contributed by atoms with Crippen LogP contribution < -0.4 is 0 Å². The first-order valence-electron chi connectivity index (χ1n) is 9.24. The van der Waals surface area contributed by atoms with E-state index < -0.39 is 0 Å². The summed E-state index contributed by atoms with van der Waals surface area (Å²) < 4.78 is 11.6. The molecule has 4 fully saturated rings. The molecule has 0 aliphatic heterocycles. The van der Waals surface area contributed by atoms with E-state index in [1.54, 1.807) is 0 Å². The molecule has 6 unspecified atom stereocenters. The molecule has 0 radical (unpaired) electrons. The van der Waals surface area contributed by atoms with Crippen LogP contribution in [0.3, 0.4) is 0 Å². The van der Waals surface area contributed by atoms with Crippen LogP contribution in [0.15, 0.2) is 0 Å². The number of rotatable bonds is 6. The van der Waals surface area contributed by atoms with Gasteiger partial charge >= 0.3 is 0 Å². The van der Waals surface area contributed by atoms with E-state index in [2.05, 4.69) is 0 Å². The van der Waals surface area contributed by atoms with E-state index in [0.717, 1.165) is 48.7 Å². The molecule has 0 amide bonds. The number of fused-ring (bicyclic) bond motifs is 4. The molecule has 6 atom stereocenters. The van der Waals surface area contributed by atoms with Crippen LogP contribution in [0.4, 0.5) is 0 Å². The monoisotopic (exact) mass is 292 g/mol. The van der Waals surface area contributed by atoms with Gasteiger partial charge in [0.25, 0.3) is 0 Å². The fraction of sp³-hybridized carbons (Fsp3) is 1.00. The van der Waals surface area contributed by atoms with Crippen LogP contribution in [0.2, 0.25) is 0 Å². The fourth-order valence-corrected chi connectivity index (χ4v) is 7.18. The van der Waals surface area contributed by atoms with Gasteiger partial charge in [0.15, 0.2) is 0 Å². The van der Waals surface area contributed by atoms with Crippen LogP contribution in [0.25, 0.3) is 0 Å². The molecule has 4 bridgehead atoms. The molecular weight excluding hydrogens is 260 g/mol. The molecule has 0 aromatic heterocycles. The van der Waals surface area contributed by atoms with Gasteiger partial charge < -0.3 is 9.47 Å². The molecular formula is C19H32O2. The van der Waals surface area contributed by atoms with Crippen molar-refractivity contribution in [2.75, 3.05) is 27.4 Å². The van der Waals surface area contributed by atoms with Crippen LogP contribution in [-0.2, 0) is 9.47 Å². The molecule has 4 aliphatic rings. The number of ether oxygens (including phenoxy) is 2. The molecule has 4 rings (SSSR count). The van der Waals surface area contributed by atoms with Crippen molar-refractivity contribution in [3.63, 3.8) is 0 Å². The van der Waals surface area contributed by atoms with E-state index in [9.17, 15) is 0 Å². The van der Waals surface area contributed by atoms with Crippen LogP contribution in [0.1, 0.15) is 51.4 Å². The number of hydrogen-bond acceptors (Lipinski definition) is 2. The molecule has 0 heterocycles. The topological polar surface area (TPSA) is 18.5 Å². The molecule has 0 spiro atoms. The Morgan fingerprint density at radius 3 is 1.48 bits per heavy atom. The first-order chi connectivity index (χ1) is 10.3. The van der Waals surface area contributed by atoms with Gasteiger partial charge in [-0.25, -0.2) is 0 Å². The predicted octanol–water partition coefficient (Wildman–Crippen LogP) is 4.14. The Morgan fingerprint density at radius 1 is 0.714 bits per heavy atom. The molecule has 0 saturated heterocycles. The minimum Gasteiger partial charge on any atom is -0.384 e. The summed E-state index contributed by atoms with van der Waals surface area (Å²) >= 11 is 0. The molecule has 0 N–H and O–H groups in total. The Bertz CT molecular complexity index is 344. The maximum atomic E-state index is 5.82. The predicted molar refractivity (Wildman–Crippen MR) is 84.1 cm³/mol. The minimum atomic E-state index is 0.323. The van der Waals surface area contributed by atoms with E-state index >= 15 is 0 Å². The highest BCUT2D eigenvalue weighted by Crippen LogP contribution is 2.63. The molecule has 120 valence electrons. The van der Waals surface area contributed by atoms with E-state index in [1.165, 1.54) is 51.4 Å². The summed E-state index contributed by atoms with van der Waals surface area (Å²) in [5.74, 6) is 5.73. The van der Waals surface area contributed by atoms with Gasteiger partial charge in [0.05, 0.1) is 13.2 Å². The van der Waals surface area contributed by atoms with Crippen molar-refractivity contribution >= 4 is 0 Å². The van der Waals surface area contributed by atoms with E-state index in [-0.39, 0.29) is 0 Å². The largest absolute Gasteiger partial charge is 0.384 e. The second kappa shape index (κ2) is 5.53. The molecule has 2 nitrogen and oxygen atoms in total. The lowest BCUT2D eigenvalue weighted by atomic mass is 9.58. The van der Waals surface area contributed by atoms with Crippen molar-refractivity contribution in [3.05, 3.63) is 0 Å². The summed E-state index contributed by atoms with van der Waals surface area (Å²) in [5, 5.41) is 0. The van der Waals surface area contributed by atoms with Crippen LogP contribution in [0.5, 0.6) is 0 Å². The summed E-state index contributed by atoms with van der Waals surface area (Å²) in [4.78, 5) is 0. The van der Waals surface area contributed by atoms with Crippen molar-refractivity contribution in [1.29, 1.82) is 0 Å². The van der Waals surface area contributed by atoms with Crippen LogP contribution in [-0.4, -0.2) is 27.4 Å². The summed E-state index contributed by atoms with van der Waals surface area (Å²) in [7, 11) is 3.82. The zero-order valence-electron chi connectivity index (χ0n) is 13.9. The standard InChI is InChI=1S/C19H32O2/c1-20-11-19(12-21-2,17-9-13-3-5-15(17)7-13)18-10-14-4-6-16(18)8-14/h13-18H,3-12H2,1-2H3. The van der Waals surface area contributed by atoms with E-state index in [4.69, 9.17) is 9.47 Å². The number of methoxy groups -OCH3 is 2. The third kappa shape index (κ3) is 2.20. The van der Waals surface area contributed by atoms with Gasteiger partial charge in [-0.2, -0.15) is 0 Å². The average Bonchev–Trinajstić information content (AvgIpc) is 3.26. The maximum Gasteiger partial charge on any atom is 0.0546 e. The molecule has 21 heavy (non-hydrogen) atoms. The smallest absolute Gasteiger partial charge is 0.0546 e. The molecule has 0 aromatic carbocycles.